The van der Waals surface area contributed by atoms with E-state index in [9.17, 15) is 9.59 Å². The number of carbonyl (C=O) groups is 2. The first-order valence-corrected chi connectivity index (χ1v) is 4.27. The van der Waals surface area contributed by atoms with Crippen molar-refractivity contribution in [2.75, 3.05) is 12.4 Å². The molecule has 0 aromatic carbocycles. The minimum Gasteiger partial charge on any atom is -0.453 e. The van der Waals surface area contributed by atoms with Crippen molar-refractivity contribution in [3.63, 3.8) is 0 Å². The molecular weight excluding hydrogens is 192 g/mol. The van der Waals surface area contributed by atoms with Crippen LogP contribution in [0.5, 0.6) is 0 Å². The largest absolute Gasteiger partial charge is 0.453 e. The quantitative estimate of drug-likeness (QED) is 0.735. The molecule has 0 unspecified atom stereocenters. The number of nitrogens with one attached hydrogen (secondary N) is 1. The monoisotopic (exact) mass is 200 g/mol. The van der Waals surface area contributed by atoms with E-state index in [0.29, 0.717) is 10.0 Å². The Morgan fingerprint density at radius 1 is 1.62 bits per heavy atom. The van der Waals surface area contributed by atoms with Gasteiger partial charge < -0.3 is 4.74 Å². The molecule has 0 atom stereocenters. The van der Waals surface area contributed by atoms with Crippen molar-refractivity contribution in [3.8, 4) is 0 Å². The smallest absolute Gasteiger partial charge is 0.413 e. The fourth-order valence-electron chi connectivity index (χ4n) is 0.633. The summed E-state index contributed by atoms with van der Waals surface area (Å²) in [6, 6.07) is 0. The summed E-state index contributed by atoms with van der Waals surface area (Å²) >= 11 is 1.11. The number of rotatable bonds is 2. The number of nitrogens with zero attached hydrogens (tertiary/aromatic N) is 1. The fourth-order valence-corrected chi connectivity index (χ4v) is 1.33. The summed E-state index contributed by atoms with van der Waals surface area (Å²) in [5.74, 6) is -0.0737. The van der Waals surface area contributed by atoms with Crippen LogP contribution in [0.25, 0.3) is 0 Å². The molecule has 13 heavy (non-hydrogen) atoms. The number of carbonyl (C=O) groups excluding carboxylic acids is 2. The zero-order valence-corrected chi connectivity index (χ0v) is 7.97. The van der Waals surface area contributed by atoms with Crippen LogP contribution in [0.4, 0.5) is 9.93 Å². The van der Waals surface area contributed by atoms with Gasteiger partial charge in [0, 0.05) is 6.92 Å². The number of thiazole rings is 1. The number of amides is 1. The average Bonchev–Trinajstić information content (AvgIpc) is 2.52. The first kappa shape index (κ1) is 9.66. The first-order chi connectivity index (χ1) is 6.13. The average molecular weight is 200 g/mol. The third-order valence-corrected chi connectivity index (χ3v) is 2.26. The molecule has 0 spiro atoms. The molecule has 0 aliphatic carbocycles. The molecule has 0 aliphatic heterocycles. The number of aromatic nitrogens is 1. The Bertz CT molecular complexity index is 334. The van der Waals surface area contributed by atoms with Gasteiger partial charge in [-0.15, -0.1) is 0 Å². The van der Waals surface area contributed by atoms with Crippen LogP contribution in [0.3, 0.4) is 0 Å². The van der Waals surface area contributed by atoms with Crippen LogP contribution in [0.2, 0.25) is 0 Å². The van der Waals surface area contributed by atoms with E-state index in [4.69, 9.17) is 0 Å². The second-order valence-electron chi connectivity index (χ2n) is 2.20. The predicted molar refractivity (Wildman–Crippen MR) is 48.1 cm³/mol. The maximum atomic E-state index is 10.8. The van der Waals surface area contributed by atoms with Crippen LogP contribution >= 0.6 is 11.3 Å². The van der Waals surface area contributed by atoms with E-state index >= 15 is 0 Å². The van der Waals surface area contributed by atoms with Crippen LogP contribution in [-0.2, 0) is 4.74 Å². The molecule has 0 saturated heterocycles. The molecule has 6 heteroatoms. The number of methoxy groups -OCH3 is 1. The van der Waals surface area contributed by atoms with Gasteiger partial charge in [0.15, 0.2) is 10.9 Å². The van der Waals surface area contributed by atoms with E-state index in [2.05, 4.69) is 15.0 Å². The highest BCUT2D eigenvalue weighted by atomic mass is 32.1. The number of hydrogen-bond donors (Lipinski definition) is 1. The molecule has 1 rings (SSSR count). The highest BCUT2D eigenvalue weighted by Crippen LogP contribution is 2.18. The minimum absolute atomic E-state index is 0.0737. The lowest BCUT2D eigenvalue weighted by atomic mass is 10.4. The summed E-state index contributed by atoms with van der Waals surface area (Å²) in [4.78, 5) is 25.9. The van der Waals surface area contributed by atoms with Gasteiger partial charge in [-0.1, -0.05) is 11.3 Å². The van der Waals surface area contributed by atoms with Gasteiger partial charge >= 0.3 is 6.09 Å². The molecule has 70 valence electrons. The molecule has 0 saturated carbocycles. The predicted octanol–water partition coefficient (Wildman–Crippen LogP) is 1.52. The molecule has 1 N–H and O–H groups in total. The summed E-state index contributed by atoms with van der Waals surface area (Å²) in [5.41, 5.74) is 0. The third kappa shape index (κ3) is 2.51. The van der Waals surface area contributed by atoms with Crippen LogP contribution in [0.1, 0.15) is 16.6 Å². The second kappa shape index (κ2) is 3.99. The van der Waals surface area contributed by atoms with Crippen molar-refractivity contribution < 1.29 is 14.3 Å². The molecule has 1 heterocycles. The molecule has 0 bridgehead atoms. The van der Waals surface area contributed by atoms with Crippen molar-refractivity contribution >= 4 is 28.3 Å². The van der Waals surface area contributed by atoms with Gasteiger partial charge in [-0.2, -0.15) is 0 Å². The number of Topliss-reactive ketones (excluding diaryl/α,β-unsaturated/α-hetero) is 1. The molecule has 1 amide bonds. The second-order valence-corrected chi connectivity index (χ2v) is 3.23. The maximum Gasteiger partial charge on any atom is 0.413 e. The summed E-state index contributed by atoms with van der Waals surface area (Å²) in [6.45, 7) is 1.44. The normalized spacial score (nSPS) is 9.38. The highest BCUT2D eigenvalue weighted by molar-refractivity contribution is 7.17. The Hall–Kier alpha value is -1.43. The van der Waals surface area contributed by atoms with Crippen LogP contribution in [-0.4, -0.2) is 24.0 Å². The molecule has 0 radical (unpaired) electrons. The number of ketones is 1. The lowest BCUT2D eigenvalue weighted by Gasteiger charge is -1.96. The molecule has 1 aromatic heterocycles. The van der Waals surface area contributed by atoms with Crippen LogP contribution in [0.15, 0.2) is 6.20 Å². The number of anilines is 1. The molecule has 1 aromatic rings. The summed E-state index contributed by atoms with van der Waals surface area (Å²) in [7, 11) is 1.26. The standard InChI is InChI=1S/C7H8N2O3S/c1-4(10)5-3-8-6(13-5)9-7(11)12-2/h3H,1-2H3,(H,8,9,11). The van der Waals surface area contributed by atoms with E-state index in [1.54, 1.807) is 0 Å². The lowest BCUT2D eigenvalue weighted by molar-refractivity contribution is 0.102. The van der Waals surface area contributed by atoms with Gasteiger partial charge in [-0.25, -0.2) is 9.78 Å². The summed E-state index contributed by atoms with van der Waals surface area (Å²) < 4.78 is 4.36. The topological polar surface area (TPSA) is 68.3 Å². The van der Waals surface area contributed by atoms with Crippen LogP contribution in [0, 0.1) is 0 Å². The van der Waals surface area contributed by atoms with E-state index in [1.165, 1.54) is 20.2 Å². The zero-order chi connectivity index (χ0) is 9.84. The molecule has 5 nitrogen and oxygen atoms in total. The first-order valence-electron chi connectivity index (χ1n) is 3.45. The Kier molecular flexibility index (Phi) is 2.97. The molecular formula is C7H8N2O3S. The summed E-state index contributed by atoms with van der Waals surface area (Å²) in [6.07, 6.45) is 0.822. The van der Waals surface area contributed by atoms with Gasteiger partial charge in [0.05, 0.1) is 18.2 Å². The van der Waals surface area contributed by atoms with Gasteiger partial charge in [0.1, 0.15) is 0 Å². The molecule has 0 fully saturated rings. The Morgan fingerprint density at radius 2 is 2.31 bits per heavy atom. The minimum atomic E-state index is -0.593. The summed E-state index contributed by atoms with van der Waals surface area (Å²) in [5, 5.41) is 2.72. The van der Waals surface area contributed by atoms with Crippen molar-refractivity contribution in [1.29, 1.82) is 0 Å². The van der Waals surface area contributed by atoms with Gasteiger partial charge in [0.2, 0.25) is 0 Å². The number of ether oxygens (including phenoxy) is 1. The van der Waals surface area contributed by atoms with E-state index in [-0.39, 0.29) is 5.78 Å². The van der Waals surface area contributed by atoms with Crippen molar-refractivity contribution in [2.45, 2.75) is 6.92 Å². The SMILES string of the molecule is COC(=O)Nc1ncc(C(C)=O)s1. The Morgan fingerprint density at radius 3 is 2.77 bits per heavy atom. The van der Waals surface area contributed by atoms with E-state index in [0.717, 1.165) is 11.3 Å². The fraction of sp³-hybridized carbons (Fsp3) is 0.286. The Balaban J connectivity index is 2.69. The van der Waals surface area contributed by atoms with Gasteiger partial charge in [0.25, 0.3) is 0 Å². The molecule has 0 aliphatic rings. The third-order valence-electron chi connectivity index (χ3n) is 1.25. The van der Waals surface area contributed by atoms with E-state index < -0.39 is 6.09 Å². The number of hydrogen-bond acceptors (Lipinski definition) is 5. The van der Waals surface area contributed by atoms with Crippen molar-refractivity contribution in [1.82, 2.24) is 4.98 Å². The zero-order valence-electron chi connectivity index (χ0n) is 7.16. The van der Waals surface area contributed by atoms with Crippen molar-refractivity contribution in [3.05, 3.63) is 11.1 Å². The van der Waals surface area contributed by atoms with E-state index in [1.807, 2.05) is 0 Å². The van der Waals surface area contributed by atoms with Crippen LogP contribution < -0.4 is 5.32 Å². The maximum absolute atomic E-state index is 10.8. The highest BCUT2D eigenvalue weighted by Gasteiger charge is 2.08. The van der Waals surface area contributed by atoms with Crippen molar-refractivity contribution in [2.24, 2.45) is 0 Å². The van der Waals surface area contributed by atoms with Gasteiger partial charge in [-0.3, -0.25) is 10.1 Å². The Labute approximate surface area is 78.7 Å². The lowest BCUT2D eigenvalue weighted by Crippen LogP contribution is -2.10. The van der Waals surface area contributed by atoms with Gasteiger partial charge in [-0.05, 0) is 0 Å².